The van der Waals surface area contributed by atoms with Gasteiger partial charge in [0.2, 0.25) is 100 Å². The molecule has 3 aromatic carbocycles. The molecule has 43 nitrogen and oxygen atoms in total. The number of hydrogen-bond donors (Lipinski definition) is 20. The first-order valence-corrected chi connectivity index (χ1v) is 47.1. The first-order valence-electron chi connectivity index (χ1n) is 45.5. The van der Waals surface area contributed by atoms with E-state index in [1.165, 1.54) is 52.7 Å². The van der Waals surface area contributed by atoms with Crippen LogP contribution in [0.5, 0.6) is 0 Å². The van der Waals surface area contributed by atoms with Gasteiger partial charge in [-0.15, -0.1) is 11.8 Å². The average molecular weight is 1930 g/mol. The normalized spacial score (nSPS) is 24.7. The maximum Gasteiger partial charge on any atom is 0.246 e. The lowest BCUT2D eigenvalue weighted by atomic mass is 10.00. The Hall–Kier alpha value is -13.2. The minimum atomic E-state index is -1.89. The predicted octanol–water partition coefficient (Wildman–Crippen LogP) is -1.98. The van der Waals surface area contributed by atoms with E-state index in [1.54, 1.807) is 86.9 Å². The van der Waals surface area contributed by atoms with Crippen LogP contribution in [0.3, 0.4) is 0 Å². The molecule has 0 spiro atoms. The zero-order valence-corrected chi connectivity index (χ0v) is 79.1. The smallest absolute Gasteiger partial charge is 0.246 e. The summed E-state index contributed by atoms with van der Waals surface area (Å²) < 4.78 is 0. The van der Waals surface area contributed by atoms with E-state index < -0.39 is 241 Å². The summed E-state index contributed by atoms with van der Waals surface area (Å²) in [7, 11) is 3.93. The number of likely N-dealkylation sites (N-methyl/N-ethyl adjacent to an activating group) is 3. The molecular weight excluding hydrogens is 1800 g/mol. The summed E-state index contributed by atoms with van der Waals surface area (Å²) in [6.07, 6.45) is 3.77. The van der Waals surface area contributed by atoms with Crippen molar-refractivity contribution in [2.75, 3.05) is 65.4 Å². The van der Waals surface area contributed by atoms with Crippen molar-refractivity contribution in [2.24, 2.45) is 23.1 Å². The molecule has 0 aliphatic carbocycles. The van der Waals surface area contributed by atoms with Crippen LogP contribution in [-0.2, 0) is 107 Å². The van der Waals surface area contributed by atoms with Crippen molar-refractivity contribution in [3.05, 3.63) is 125 Å². The van der Waals surface area contributed by atoms with E-state index >= 15 is 38.4 Å². The van der Waals surface area contributed by atoms with E-state index in [4.69, 9.17) is 34.2 Å². The fourth-order valence-electron chi connectivity index (χ4n) is 16.8. The number of carbonyl (C=O) groups excluding carboxylic acids is 17. The number of aromatic amines is 3. The molecule has 45 heteroatoms. The van der Waals surface area contributed by atoms with Crippen molar-refractivity contribution >= 4 is 152 Å². The van der Waals surface area contributed by atoms with Gasteiger partial charge < -0.3 is 125 Å². The number of unbranched alkanes of at least 4 members (excludes halogenated alkanes) is 2. The summed E-state index contributed by atoms with van der Waals surface area (Å²) in [6, 6.07) is -1.49. The number of H-pyrrole nitrogens is 3. The van der Waals surface area contributed by atoms with Crippen molar-refractivity contribution < 1.29 is 91.7 Å². The van der Waals surface area contributed by atoms with Crippen LogP contribution < -0.4 is 75.7 Å². The van der Waals surface area contributed by atoms with Gasteiger partial charge in [0.05, 0.1) is 37.8 Å². The Morgan fingerprint density at radius 2 is 1.10 bits per heavy atom. The molecule has 0 bridgehead atoms. The fraction of sp³-hybridized carbons (Fsp3) is 0.527. The van der Waals surface area contributed by atoms with Crippen LogP contribution in [-0.4, -0.2) is 317 Å². The van der Waals surface area contributed by atoms with E-state index in [2.05, 4.69) is 78.4 Å². The van der Waals surface area contributed by atoms with Crippen LogP contribution in [0.25, 0.3) is 21.8 Å². The van der Waals surface area contributed by atoms with E-state index in [1.807, 2.05) is 13.8 Å². The van der Waals surface area contributed by atoms with E-state index in [0.29, 0.717) is 74.9 Å². The summed E-state index contributed by atoms with van der Waals surface area (Å²) in [6.45, 7) is 6.05. The molecule has 0 saturated carbocycles. The van der Waals surface area contributed by atoms with Crippen LogP contribution in [0.15, 0.2) is 97.7 Å². The molecule has 9 rings (SSSR count). The van der Waals surface area contributed by atoms with Crippen LogP contribution in [0.1, 0.15) is 140 Å². The molecule has 1 unspecified atom stereocenters. The largest absolute Gasteiger partial charge is 0.394 e. The molecule has 738 valence electrons. The number of aliphatic hydroxyl groups is 2. The van der Waals surface area contributed by atoms with Gasteiger partial charge in [-0.2, -0.15) is 0 Å². The monoisotopic (exact) mass is 1930 g/mol. The third kappa shape index (κ3) is 29.6. The van der Waals surface area contributed by atoms with Gasteiger partial charge in [0, 0.05) is 130 Å². The number of benzene rings is 3. The highest BCUT2D eigenvalue weighted by Crippen LogP contribution is 2.28. The number of nitrogens with two attached hydrogens (primary N) is 3. The van der Waals surface area contributed by atoms with Gasteiger partial charge in [0.1, 0.15) is 84.6 Å². The quantitative estimate of drug-likeness (QED) is 0.0159. The summed E-state index contributed by atoms with van der Waals surface area (Å²) in [5, 5.41) is 61.3. The highest BCUT2D eigenvalue weighted by molar-refractivity contribution is 8.00. The number of fused-ring (bicyclic) bond motifs is 4. The Labute approximate surface area is 795 Å². The first kappa shape index (κ1) is 106. The summed E-state index contributed by atoms with van der Waals surface area (Å²) in [4.78, 5) is 270. The molecule has 3 aliphatic heterocycles. The number of nitrogens with one attached hydrogen (secondary N) is 15. The number of carbonyl (C=O) groups is 17. The zero-order chi connectivity index (χ0) is 99.3. The molecule has 136 heavy (non-hydrogen) atoms. The number of halogens is 1. The third-order valence-corrected chi connectivity index (χ3v) is 25.6. The van der Waals surface area contributed by atoms with Gasteiger partial charge in [-0.25, -0.2) is 4.98 Å². The number of amides is 17. The van der Waals surface area contributed by atoms with Crippen LogP contribution >= 0.6 is 23.4 Å². The molecule has 6 aromatic rings. The maximum absolute atomic E-state index is 15.8. The molecule has 0 radical (unpaired) electrons. The lowest BCUT2D eigenvalue weighted by molar-refractivity contribution is -0.149. The number of para-hydroxylation sites is 2. The molecular formula is C91H127ClN24O19S. The Kier molecular flexibility index (Phi) is 39.9. The second kappa shape index (κ2) is 50.9. The summed E-state index contributed by atoms with van der Waals surface area (Å²) >= 11 is 7.04. The molecule has 6 heterocycles. The summed E-state index contributed by atoms with van der Waals surface area (Å²) in [5.41, 5.74) is 19.9. The SMILES string of the molecule is CCCC[C@H]1C(=O)N(C)[C@@H](CCCC)C(=O)N[C@@H](CCCNC(=N)N)C(=O)N[C@H](C(=O)NCC(N)=O)CSCC(=O)N[C@@H](Cc2ccc(Cl)cc2)C(=O)N(C)[C@@H](C)C(=O)N[C@@H](CC(N)=O)C(=O)N2CCC[C@H]2C(=O)N[C@@H](Cc2cnc[nH]2)C(=O)N[C@@H](CC(C)C)C(=O)N2C[C@H](O)CC2C(=O)N[C@@H](Cc2c[nH]c3ccccc23)C(=O)N[C@@H](CO)C(=O)N[C@@H](Cc2c[nH]c3ccccc23)C(=O)N1C. The van der Waals surface area contributed by atoms with Crippen LogP contribution in [0.4, 0.5) is 0 Å². The number of hydrogen-bond acceptors (Lipinski definition) is 22. The van der Waals surface area contributed by atoms with Crippen molar-refractivity contribution in [1.29, 1.82) is 5.41 Å². The van der Waals surface area contributed by atoms with Crippen molar-refractivity contribution in [3.8, 4) is 0 Å². The first-order chi connectivity index (χ1) is 64.8. The number of aliphatic hydroxyl groups excluding tert-OH is 2. The second-order valence-corrected chi connectivity index (χ2v) is 36.4. The molecule has 23 N–H and O–H groups in total. The van der Waals surface area contributed by atoms with E-state index in [-0.39, 0.29) is 89.6 Å². The molecule has 15 atom stereocenters. The number of nitrogens with zero attached hydrogens (tertiary/aromatic N) is 6. The Morgan fingerprint density at radius 3 is 1.69 bits per heavy atom. The molecule has 3 aliphatic rings. The van der Waals surface area contributed by atoms with Gasteiger partial charge in [-0.3, -0.25) is 86.9 Å². The lowest BCUT2D eigenvalue weighted by Crippen LogP contribution is -2.62. The highest BCUT2D eigenvalue weighted by atomic mass is 35.5. The number of aromatic nitrogens is 4. The van der Waals surface area contributed by atoms with Gasteiger partial charge in [-0.05, 0) is 98.7 Å². The Bertz CT molecular complexity index is 5250. The topological polar surface area (TPSA) is 641 Å². The fourth-order valence-corrected chi connectivity index (χ4v) is 17.8. The maximum atomic E-state index is 15.8. The predicted molar refractivity (Wildman–Crippen MR) is 503 cm³/mol. The molecule has 3 fully saturated rings. The van der Waals surface area contributed by atoms with Crippen molar-refractivity contribution in [1.82, 2.24) is 103 Å². The number of thioether (sulfide) groups is 1. The van der Waals surface area contributed by atoms with Gasteiger partial charge in [0.15, 0.2) is 5.96 Å². The van der Waals surface area contributed by atoms with Crippen molar-refractivity contribution in [3.63, 3.8) is 0 Å². The number of primary amides is 2. The number of imidazole rings is 1. The molecule has 17 amide bonds. The van der Waals surface area contributed by atoms with E-state index in [9.17, 15) is 53.4 Å². The standard InChI is InChI=1S/C91H127ClN24O19S/c1-9-11-24-70-83(128)104-61(23-17-31-98-91(95)96)79(124)111-69(78(123)101-43-75(94)120)46-136-47-76(121)103-65(34-51-27-29-54(92)30-28-51)86(131)112(6)50(5)77(122)107-67(39-74(93)119)88(133)115-32-18-26-71(115)84(129)106-63(37-55-42-97-48-102-55)81(126)108-64(33-49(3)4)89(134)116-44-56(118)38-73(116)85(130)105-62(35-52-40-99-59-21-15-13-19-57(52)59)80(125)110-68(45-117)82(127)109-66(36-53-41-100-60-22-16-14-20-58(53)60)87(132)114(8)72(25-12-10-2)90(135)113(70)7/h13-16,19-22,27-30,40-42,48-50,56,61-73,99-100,117-118H,9-12,17-18,23-26,31-39,43-47H2,1-8H3,(H2,93,119)(H2,94,120)(H,97,102)(H,101,123)(H,103,121)(H,104,128)(H,105,130)(H,106,129)(H,107,122)(H,108,126)(H,109,127)(H,110,125)(H,111,124)(H4,95,96,98)/t50-,56+,61-,62-,63-,64-,65-,66-,67-,68-,69-,70-,71-,72-,73?/m0/s1. The highest BCUT2D eigenvalue weighted by Gasteiger charge is 2.47. The van der Waals surface area contributed by atoms with Gasteiger partial charge in [-0.1, -0.05) is 114 Å². The molecule has 3 saturated heterocycles. The number of guanidine groups is 1. The van der Waals surface area contributed by atoms with Crippen LogP contribution in [0, 0.1) is 11.3 Å². The lowest BCUT2D eigenvalue weighted by Gasteiger charge is -2.36. The van der Waals surface area contributed by atoms with Gasteiger partial charge in [0.25, 0.3) is 0 Å². The minimum Gasteiger partial charge on any atom is -0.394 e. The van der Waals surface area contributed by atoms with Crippen molar-refractivity contribution in [2.45, 2.75) is 234 Å². The minimum absolute atomic E-state index is 0.00958. The zero-order valence-electron chi connectivity index (χ0n) is 77.5. The Morgan fingerprint density at radius 1 is 0.559 bits per heavy atom. The van der Waals surface area contributed by atoms with E-state index in [0.717, 1.165) is 36.3 Å². The van der Waals surface area contributed by atoms with Gasteiger partial charge >= 0.3 is 0 Å². The Balaban J connectivity index is 1.10. The molecule has 3 aromatic heterocycles. The third-order valence-electron chi connectivity index (χ3n) is 24.3. The second-order valence-electron chi connectivity index (χ2n) is 34.9. The summed E-state index contributed by atoms with van der Waals surface area (Å²) in [5.74, 6) is -17.7. The van der Waals surface area contributed by atoms with Crippen LogP contribution in [0.2, 0.25) is 5.02 Å². The average Bonchev–Trinajstić information content (AvgIpc) is 1.53. The number of rotatable bonds is 26.